The summed E-state index contributed by atoms with van der Waals surface area (Å²) in [5.41, 5.74) is 5.67. The Morgan fingerprint density at radius 1 is 0.773 bits per heavy atom. The molecule has 0 radical (unpaired) electrons. The van der Waals surface area contributed by atoms with E-state index in [-0.39, 0.29) is 0 Å². The number of hydrogen-bond donors (Lipinski definition) is 0. The molecule has 1 nitrogen and oxygen atoms in total. The molecule has 0 aliphatic carbocycles. The zero-order valence-electron chi connectivity index (χ0n) is 12.8. The molecule has 0 unspecified atom stereocenters. The molecule has 3 aromatic carbocycles. The van der Waals surface area contributed by atoms with Crippen molar-refractivity contribution in [2.24, 2.45) is 0 Å². The Morgan fingerprint density at radius 2 is 1.50 bits per heavy atom. The molecule has 0 aliphatic rings. The van der Waals surface area contributed by atoms with E-state index in [0.29, 0.717) is 5.92 Å². The van der Waals surface area contributed by atoms with Gasteiger partial charge in [0.15, 0.2) is 0 Å². The molecule has 22 heavy (non-hydrogen) atoms. The van der Waals surface area contributed by atoms with Crippen LogP contribution in [0.3, 0.4) is 0 Å². The second-order valence-electron chi connectivity index (χ2n) is 6.03. The van der Waals surface area contributed by atoms with Crippen molar-refractivity contribution in [3.63, 3.8) is 0 Å². The fraction of sp³-hybridized carbons (Fsp3) is 0.143. The van der Waals surface area contributed by atoms with Crippen LogP contribution in [0.5, 0.6) is 0 Å². The van der Waals surface area contributed by atoms with Crippen LogP contribution in [0.25, 0.3) is 33.1 Å². The van der Waals surface area contributed by atoms with E-state index in [1.165, 1.54) is 21.9 Å². The molecule has 0 atom stereocenters. The van der Waals surface area contributed by atoms with Gasteiger partial charge in [-0.05, 0) is 23.1 Å². The summed E-state index contributed by atoms with van der Waals surface area (Å²) in [6.45, 7) is 4.47. The molecule has 4 rings (SSSR count). The van der Waals surface area contributed by atoms with Crippen LogP contribution in [-0.4, -0.2) is 0 Å². The quantitative estimate of drug-likeness (QED) is 0.417. The number of rotatable bonds is 2. The van der Waals surface area contributed by atoms with Gasteiger partial charge in [0.05, 0.1) is 0 Å². The van der Waals surface area contributed by atoms with Crippen LogP contribution in [0.2, 0.25) is 0 Å². The molecule has 0 N–H and O–H groups in total. The van der Waals surface area contributed by atoms with Crippen LogP contribution in [-0.2, 0) is 0 Å². The van der Waals surface area contributed by atoms with E-state index in [4.69, 9.17) is 4.42 Å². The van der Waals surface area contributed by atoms with Crippen LogP contribution >= 0.6 is 0 Å². The zero-order valence-corrected chi connectivity index (χ0v) is 12.8. The summed E-state index contributed by atoms with van der Waals surface area (Å²) in [6.07, 6.45) is 0. The van der Waals surface area contributed by atoms with E-state index in [1.54, 1.807) is 0 Å². The summed E-state index contributed by atoms with van der Waals surface area (Å²) in [5, 5.41) is 2.46. The second kappa shape index (κ2) is 5.03. The van der Waals surface area contributed by atoms with Gasteiger partial charge in [-0.15, -0.1) is 0 Å². The van der Waals surface area contributed by atoms with Crippen LogP contribution in [0.1, 0.15) is 25.3 Å². The highest BCUT2D eigenvalue weighted by Gasteiger charge is 2.16. The molecule has 0 aliphatic heterocycles. The molecular formula is C21H18O. The molecule has 4 aromatic rings. The molecule has 0 bridgehead atoms. The van der Waals surface area contributed by atoms with Gasteiger partial charge in [-0.25, -0.2) is 0 Å². The topological polar surface area (TPSA) is 13.1 Å². The average Bonchev–Trinajstić information content (AvgIpc) is 2.94. The summed E-state index contributed by atoms with van der Waals surface area (Å²) in [5.74, 6) is 0.466. The van der Waals surface area contributed by atoms with Crippen molar-refractivity contribution >= 4 is 21.9 Å². The Bertz CT molecular complexity index is 946. The van der Waals surface area contributed by atoms with Crippen molar-refractivity contribution in [1.29, 1.82) is 0 Å². The molecule has 1 heterocycles. The van der Waals surface area contributed by atoms with E-state index < -0.39 is 0 Å². The Labute approximate surface area is 130 Å². The van der Waals surface area contributed by atoms with Crippen molar-refractivity contribution in [3.05, 3.63) is 72.3 Å². The molecule has 1 aromatic heterocycles. The monoisotopic (exact) mass is 286 g/mol. The smallest absolute Gasteiger partial charge is 0.143 e. The van der Waals surface area contributed by atoms with Crippen molar-refractivity contribution in [2.75, 3.05) is 0 Å². The van der Waals surface area contributed by atoms with Gasteiger partial charge in [0.1, 0.15) is 11.2 Å². The maximum absolute atomic E-state index is 6.23. The van der Waals surface area contributed by atoms with E-state index in [0.717, 1.165) is 16.7 Å². The molecule has 0 fully saturated rings. The normalized spacial score (nSPS) is 11.6. The molecular weight excluding hydrogens is 268 g/mol. The standard InChI is InChI=1S/C21H18O/c1-14(2)16-12-13-17(15-8-4-3-5-9-15)21-20(16)18-10-6-7-11-19(18)22-21/h3-14H,1-2H3. The fourth-order valence-electron chi connectivity index (χ4n) is 3.18. The van der Waals surface area contributed by atoms with Crippen molar-refractivity contribution in [2.45, 2.75) is 19.8 Å². The van der Waals surface area contributed by atoms with Crippen LogP contribution in [0.15, 0.2) is 71.1 Å². The zero-order chi connectivity index (χ0) is 15.1. The summed E-state index contributed by atoms with van der Waals surface area (Å²) < 4.78 is 6.23. The molecule has 0 spiro atoms. The first-order valence-electron chi connectivity index (χ1n) is 7.75. The maximum Gasteiger partial charge on any atom is 0.143 e. The van der Waals surface area contributed by atoms with Gasteiger partial charge < -0.3 is 4.42 Å². The van der Waals surface area contributed by atoms with Crippen molar-refractivity contribution in [3.8, 4) is 11.1 Å². The average molecular weight is 286 g/mol. The van der Waals surface area contributed by atoms with Crippen LogP contribution in [0.4, 0.5) is 0 Å². The SMILES string of the molecule is CC(C)c1ccc(-c2ccccc2)c2oc3ccccc3c12. The molecule has 0 saturated carbocycles. The third-order valence-corrected chi connectivity index (χ3v) is 4.27. The largest absolute Gasteiger partial charge is 0.455 e. The predicted octanol–water partition coefficient (Wildman–Crippen LogP) is 6.38. The highest BCUT2D eigenvalue weighted by Crippen LogP contribution is 2.39. The predicted molar refractivity (Wildman–Crippen MR) is 93.2 cm³/mol. The van der Waals surface area contributed by atoms with Gasteiger partial charge in [-0.3, -0.25) is 0 Å². The third kappa shape index (κ3) is 1.93. The summed E-state index contributed by atoms with van der Waals surface area (Å²) >= 11 is 0. The molecule has 1 heteroatoms. The lowest BCUT2D eigenvalue weighted by molar-refractivity contribution is 0.669. The number of para-hydroxylation sites is 1. The van der Waals surface area contributed by atoms with Gasteiger partial charge in [-0.2, -0.15) is 0 Å². The van der Waals surface area contributed by atoms with E-state index in [2.05, 4.69) is 62.4 Å². The Hall–Kier alpha value is -2.54. The van der Waals surface area contributed by atoms with Gasteiger partial charge in [0, 0.05) is 16.3 Å². The first-order valence-corrected chi connectivity index (χ1v) is 7.75. The minimum absolute atomic E-state index is 0.466. The van der Waals surface area contributed by atoms with Gasteiger partial charge in [-0.1, -0.05) is 74.5 Å². The Kier molecular flexibility index (Phi) is 3.00. The fourth-order valence-corrected chi connectivity index (χ4v) is 3.18. The number of hydrogen-bond acceptors (Lipinski definition) is 1. The molecule has 0 saturated heterocycles. The first kappa shape index (κ1) is 13.1. The van der Waals surface area contributed by atoms with Crippen molar-refractivity contribution in [1.82, 2.24) is 0 Å². The van der Waals surface area contributed by atoms with Crippen molar-refractivity contribution < 1.29 is 4.42 Å². The lowest BCUT2D eigenvalue weighted by atomic mass is 9.93. The lowest BCUT2D eigenvalue weighted by Gasteiger charge is -2.10. The summed E-state index contributed by atoms with van der Waals surface area (Å²) in [7, 11) is 0. The highest BCUT2D eigenvalue weighted by molar-refractivity contribution is 6.11. The van der Waals surface area contributed by atoms with E-state index >= 15 is 0 Å². The van der Waals surface area contributed by atoms with Gasteiger partial charge >= 0.3 is 0 Å². The number of benzene rings is 3. The number of fused-ring (bicyclic) bond motifs is 3. The van der Waals surface area contributed by atoms with Crippen LogP contribution < -0.4 is 0 Å². The second-order valence-corrected chi connectivity index (χ2v) is 6.03. The maximum atomic E-state index is 6.23. The van der Waals surface area contributed by atoms with Gasteiger partial charge in [0.25, 0.3) is 0 Å². The molecule has 108 valence electrons. The lowest BCUT2D eigenvalue weighted by Crippen LogP contribution is -1.89. The minimum atomic E-state index is 0.466. The summed E-state index contributed by atoms with van der Waals surface area (Å²) in [4.78, 5) is 0. The third-order valence-electron chi connectivity index (χ3n) is 4.27. The Morgan fingerprint density at radius 3 is 2.27 bits per heavy atom. The Balaban J connectivity index is 2.15. The molecule has 0 amide bonds. The van der Waals surface area contributed by atoms with Crippen LogP contribution in [0, 0.1) is 0 Å². The van der Waals surface area contributed by atoms with Gasteiger partial charge in [0.2, 0.25) is 0 Å². The number of furan rings is 1. The minimum Gasteiger partial charge on any atom is -0.455 e. The van der Waals surface area contributed by atoms with E-state index in [1.807, 2.05) is 18.2 Å². The van der Waals surface area contributed by atoms with E-state index in [9.17, 15) is 0 Å². The first-order chi connectivity index (χ1) is 10.8. The summed E-state index contributed by atoms with van der Waals surface area (Å²) in [6, 6.07) is 23.2. The highest BCUT2D eigenvalue weighted by atomic mass is 16.3.